The highest BCUT2D eigenvalue weighted by molar-refractivity contribution is 7.18. The molecule has 4 heteroatoms. The maximum atomic E-state index is 4.53. The Balaban J connectivity index is 2.51. The molecule has 0 radical (unpaired) electrons. The van der Waals surface area contributed by atoms with E-state index in [0.717, 1.165) is 22.8 Å². The summed E-state index contributed by atoms with van der Waals surface area (Å²) in [5.74, 6) is 0. The molecule has 0 fully saturated rings. The van der Waals surface area contributed by atoms with Crippen LogP contribution in [0.1, 0.15) is 10.7 Å². The molecule has 2 aromatic heterocycles. The topological polar surface area (TPSA) is 28.8 Å². The first-order chi connectivity index (χ1) is 6.66. The third-order valence-corrected chi connectivity index (χ3v) is 2.95. The maximum Gasteiger partial charge on any atom is 0.193 e. The van der Waals surface area contributed by atoms with Gasteiger partial charge in [0.05, 0.1) is 10.4 Å². The lowest BCUT2D eigenvalue weighted by atomic mass is 10.3. The summed E-state index contributed by atoms with van der Waals surface area (Å²) in [6, 6.07) is 2.01. The molecule has 2 rings (SSSR count). The second kappa shape index (κ2) is 3.46. The zero-order chi connectivity index (χ0) is 10.1. The summed E-state index contributed by atoms with van der Waals surface area (Å²) in [6.45, 7) is 6.59. The van der Waals surface area contributed by atoms with Crippen molar-refractivity contribution in [3.63, 3.8) is 0 Å². The smallest absolute Gasteiger partial charge is 0.193 e. The van der Waals surface area contributed by atoms with Crippen LogP contribution in [0.4, 0.5) is 0 Å². The quantitative estimate of drug-likeness (QED) is 0.554. The summed E-state index contributed by atoms with van der Waals surface area (Å²) >= 11 is 1.71. The van der Waals surface area contributed by atoms with Crippen molar-refractivity contribution >= 4 is 28.3 Å². The maximum absolute atomic E-state index is 4.53. The second-order valence-electron chi connectivity index (χ2n) is 3.36. The first kappa shape index (κ1) is 9.27. The van der Waals surface area contributed by atoms with E-state index in [-0.39, 0.29) is 0 Å². The molecule has 0 aliphatic heterocycles. The van der Waals surface area contributed by atoms with E-state index in [1.165, 1.54) is 4.70 Å². The highest BCUT2D eigenvalue weighted by Crippen LogP contribution is 2.23. The Morgan fingerprint density at radius 2 is 2.36 bits per heavy atom. The number of pyridine rings is 1. The van der Waals surface area contributed by atoms with Crippen molar-refractivity contribution < 1.29 is 4.58 Å². The number of rotatable bonds is 2. The van der Waals surface area contributed by atoms with Gasteiger partial charge >= 0.3 is 0 Å². The lowest BCUT2D eigenvalue weighted by molar-refractivity contribution is -0.505. The predicted octanol–water partition coefficient (Wildman–Crippen LogP) is 1.84. The van der Waals surface area contributed by atoms with Crippen molar-refractivity contribution in [2.75, 3.05) is 7.05 Å². The zero-order valence-corrected chi connectivity index (χ0v) is 9.14. The highest BCUT2D eigenvalue weighted by atomic mass is 32.1. The Morgan fingerprint density at radius 3 is 3.00 bits per heavy atom. The van der Waals surface area contributed by atoms with Crippen LogP contribution in [0.3, 0.4) is 0 Å². The van der Waals surface area contributed by atoms with Crippen molar-refractivity contribution in [3.05, 3.63) is 23.0 Å². The molecule has 72 valence electrons. The normalized spacial score (nSPS) is 10.7. The molecule has 0 aliphatic carbocycles. The molecule has 0 amide bonds. The fourth-order valence-electron chi connectivity index (χ4n) is 1.33. The van der Waals surface area contributed by atoms with Crippen LogP contribution in [0.25, 0.3) is 10.2 Å². The average Bonchev–Trinajstić information content (AvgIpc) is 2.47. The van der Waals surface area contributed by atoms with E-state index >= 15 is 0 Å². The zero-order valence-electron chi connectivity index (χ0n) is 8.32. The molecule has 2 heterocycles. The molecule has 0 spiro atoms. The van der Waals surface area contributed by atoms with Crippen LogP contribution in [0.2, 0.25) is 0 Å². The van der Waals surface area contributed by atoms with E-state index in [2.05, 4.69) is 16.7 Å². The molecule has 0 bridgehead atoms. The summed E-state index contributed by atoms with van der Waals surface area (Å²) in [4.78, 5) is 8.74. The van der Waals surface area contributed by atoms with Crippen molar-refractivity contribution in [2.45, 2.75) is 13.5 Å². The van der Waals surface area contributed by atoms with Gasteiger partial charge in [0.1, 0.15) is 19.3 Å². The minimum absolute atomic E-state index is 0.790. The summed E-state index contributed by atoms with van der Waals surface area (Å²) in [6.07, 6.45) is 1.83. The standard InChI is InChI=1S/C10H12N3S/c1-7-10-8(4-5-11-7)14-9(12-10)6-13(2)3/h4-5H,2,6H2,1,3H3/q+1. The molecule has 0 N–H and O–H groups in total. The minimum Gasteiger partial charge on any atom is -0.259 e. The van der Waals surface area contributed by atoms with Gasteiger partial charge in [0.2, 0.25) is 0 Å². The van der Waals surface area contributed by atoms with Crippen molar-refractivity contribution in [3.8, 4) is 0 Å². The molecule has 14 heavy (non-hydrogen) atoms. The number of aryl methyl sites for hydroxylation is 1. The third-order valence-electron chi connectivity index (χ3n) is 1.94. The molecule has 0 aliphatic rings. The van der Waals surface area contributed by atoms with Crippen molar-refractivity contribution in [1.29, 1.82) is 0 Å². The first-order valence-corrected chi connectivity index (χ1v) is 5.21. The largest absolute Gasteiger partial charge is 0.259 e. The summed E-state index contributed by atoms with van der Waals surface area (Å²) in [5.41, 5.74) is 2.02. The summed E-state index contributed by atoms with van der Waals surface area (Å²) in [7, 11) is 1.94. The van der Waals surface area contributed by atoms with E-state index in [9.17, 15) is 0 Å². The van der Waals surface area contributed by atoms with E-state index in [1.54, 1.807) is 11.3 Å². The Hall–Kier alpha value is -1.29. The van der Waals surface area contributed by atoms with Gasteiger partial charge in [-0.3, -0.25) is 4.98 Å². The molecule has 0 atom stereocenters. The molecule has 0 saturated heterocycles. The van der Waals surface area contributed by atoms with Crippen LogP contribution in [0, 0.1) is 6.92 Å². The Labute approximate surface area is 86.8 Å². The SMILES string of the molecule is C=[N+](C)Cc1nc2c(C)nccc2s1. The lowest BCUT2D eigenvalue weighted by Crippen LogP contribution is -2.00. The van der Waals surface area contributed by atoms with E-state index in [4.69, 9.17) is 0 Å². The van der Waals surface area contributed by atoms with E-state index in [1.807, 2.05) is 30.8 Å². The molecular formula is C10H12N3S+. The van der Waals surface area contributed by atoms with Crippen LogP contribution in [-0.2, 0) is 6.54 Å². The van der Waals surface area contributed by atoms with Crippen molar-refractivity contribution in [1.82, 2.24) is 9.97 Å². The lowest BCUT2D eigenvalue weighted by Gasteiger charge is -1.89. The molecule has 0 aromatic carbocycles. The number of hydrogen-bond acceptors (Lipinski definition) is 3. The van der Waals surface area contributed by atoms with Crippen LogP contribution in [0.15, 0.2) is 12.3 Å². The van der Waals surface area contributed by atoms with E-state index < -0.39 is 0 Å². The summed E-state index contributed by atoms with van der Waals surface area (Å²) in [5, 5.41) is 1.09. The van der Waals surface area contributed by atoms with Crippen LogP contribution in [-0.4, -0.2) is 28.3 Å². The number of fused-ring (bicyclic) bond motifs is 1. The van der Waals surface area contributed by atoms with Gasteiger partial charge in [0, 0.05) is 6.20 Å². The Bertz CT molecular complexity index is 487. The fraction of sp³-hybridized carbons (Fsp3) is 0.300. The molecular weight excluding hydrogens is 194 g/mol. The number of hydrogen-bond donors (Lipinski definition) is 0. The van der Waals surface area contributed by atoms with Crippen molar-refractivity contribution in [2.24, 2.45) is 0 Å². The van der Waals surface area contributed by atoms with Gasteiger partial charge < -0.3 is 0 Å². The molecule has 0 unspecified atom stereocenters. The van der Waals surface area contributed by atoms with Gasteiger partial charge in [0.25, 0.3) is 0 Å². The molecule has 3 nitrogen and oxygen atoms in total. The monoisotopic (exact) mass is 206 g/mol. The van der Waals surface area contributed by atoms with Gasteiger partial charge in [-0.25, -0.2) is 9.56 Å². The second-order valence-corrected chi connectivity index (χ2v) is 4.48. The van der Waals surface area contributed by atoms with Crippen LogP contribution in [0.5, 0.6) is 0 Å². The number of nitrogens with zero attached hydrogens (tertiary/aromatic N) is 3. The minimum atomic E-state index is 0.790. The molecule has 2 aromatic rings. The van der Waals surface area contributed by atoms with Gasteiger partial charge in [-0.1, -0.05) is 0 Å². The third kappa shape index (κ3) is 1.65. The first-order valence-electron chi connectivity index (χ1n) is 4.39. The fourth-order valence-corrected chi connectivity index (χ4v) is 2.42. The summed E-state index contributed by atoms with van der Waals surface area (Å²) < 4.78 is 3.08. The van der Waals surface area contributed by atoms with Gasteiger partial charge in [-0.05, 0) is 13.0 Å². The van der Waals surface area contributed by atoms with Gasteiger partial charge in [-0.2, -0.15) is 0 Å². The van der Waals surface area contributed by atoms with Crippen LogP contribution >= 0.6 is 11.3 Å². The number of thiazole rings is 1. The highest BCUT2D eigenvalue weighted by Gasteiger charge is 2.08. The Morgan fingerprint density at radius 1 is 1.57 bits per heavy atom. The van der Waals surface area contributed by atoms with Gasteiger partial charge in [-0.15, -0.1) is 11.3 Å². The average molecular weight is 206 g/mol. The Kier molecular flexibility index (Phi) is 2.29. The van der Waals surface area contributed by atoms with Gasteiger partial charge in [0.15, 0.2) is 11.6 Å². The van der Waals surface area contributed by atoms with E-state index in [0.29, 0.717) is 0 Å². The molecule has 0 saturated carbocycles. The van der Waals surface area contributed by atoms with Crippen LogP contribution < -0.4 is 0 Å². The number of aromatic nitrogens is 2. The predicted molar refractivity (Wildman–Crippen MR) is 59.2 cm³/mol.